The fourth-order valence-electron chi connectivity index (χ4n) is 2.75. The van der Waals surface area contributed by atoms with E-state index in [1.165, 1.54) is 72.8 Å². The van der Waals surface area contributed by atoms with Gasteiger partial charge in [-0.1, -0.05) is 0 Å². The standard InChI is InChI=1S/C12H12N2O2S.2C6H8N2O2S/c13-9-1-5-11(6-2-9)17(15,16)12-7-3-10(14)4-8-12;2*7-5-1-3-6(4-2-5)11(8,9)10/h1-8H,13-14H2;2*1-4H,7H2,(H2,8,9,10). The molecule has 0 amide bonds. The van der Waals surface area contributed by atoms with Gasteiger partial charge in [-0.05, 0) is 97.1 Å². The number of rotatable bonds is 4. The zero-order valence-electron chi connectivity index (χ0n) is 20.4. The monoisotopic (exact) mass is 592 g/mol. The summed E-state index contributed by atoms with van der Waals surface area (Å²) in [5.74, 6) is 0. The molecule has 4 rings (SSSR count). The fraction of sp³-hybridized carbons (Fsp3) is 0. The third-order valence-electron chi connectivity index (χ3n) is 4.80. The molecule has 0 unspecified atom stereocenters. The number of sulfone groups is 1. The van der Waals surface area contributed by atoms with Crippen LogP contribution in [-0.2, 0) is 29.9 Å². The number of hydrogen-bond donors (Lipinski definition) is 6. The van der Waals surface area contributed by atoms with Gasteiger partial charge in [-0.2, -0.15) is 0 Å². The minimum atomic E-state index is -3.58. The maximum atomic E-state index is 12.2. The van der Waals surface area contributed by atoms with Gasteiger partial charge in [0.1, 0.15) is 0 Å². The molecule has 0 bridgehead atoms. The Hall–Kier alpha value is -4.15. The van der Waals surface area contributed by atoms with Crippen molar-refractivity contribution in [2.45, 2.75) is 19.6 Å². The van der Waals surface area contributed by atoms with E-state index in [2.05, 4.69) is 0 Å². The molecule has 12 nitrogen and oxygen atoms in total. The average molecular weight is 593 g/mol. The second-order valence-corrected chi connectivity index (χ2v) is 12.9. The van der Waals surface area contributed by atoms with Gasteiger partial charge in [0.05, 0.1) is 19.6 Å². The lowest BCUT2D eigenvalue weighted by atomic mass is 10.3. The molecule has 12 N–H and O–H groups in total. The number of sulfonamides is 2. The Kier molecular flexibility index (Phi) is 10.0. The molecule has 0 saturated carbocycles. The van der Waals surface area contributed by atoms with E-state index in [1.807, 2.05) is 0 Å². The largest absolute Gasteiger partial charge is 0.399 e. The molecule has 39 heavy (non-hydrogen) atoms. The maximum Gasteiger partial charge on any atom is 0.238 e. The topological polar surface area (TPSA) is 259 Å². The highest BCUT2D eigenvalue weighted by atomic mass is 32.2. The predicted molar refractivity (Wildman–Crippen MR) is 152 cm³/mol. The molecule has 0 radical (unpaired) electrons. The van der Waals surface area contributed by atoms with Crippen LogP contribution < -0.4 is 33.2 Å². The molecule has 0 atom stereocenters. The Morgan fingerprint density at radius 3 is 0.692 bits per heavy atom. The third-order valence-corrected chi connectivity index (χ3v) is 8.44. The molecule has 4 aromatic carbocycles. The number of nitrogens with two attached hydrogens (primary N) is 6. The zero-order valence-corrected chi connectivity index (χ0v) is 22.8. The molecular formula is C24H28N6O6S3. The van der Waals surface area contributed by atoms with Gasteiger partial charge >= 0.3 is 0 Å². The lowest BCUT2D eigenvalue weighted by Gasteiger charge is -2.05. The molecule has 0 aliphatic rings. The van der Waals surface area contributed by atoms with Crippen molar-refractivity contribution in [1.82, 2.24) is 0 Å². The SMILES string of the molecule is Nc1ccc(S(=O)(=O)c2ccc(N)cc2)cc1.Nc1ccc(S(N)(=O)=O)cc1.Nc1ccc(S(N)(=O)=O)cc1. The van der Waals surface area contributed by atoms with Crippen molar-refractivity contribution in [3.05, 3.63) is 97.1 Å². The van der Waals surface area contributed by atoms with Crippen LogP contribution in [0, 0.1) is 0 Å². The molecule has 0 fully saturated rings. The Morgan fingerprint density at radius 2 is 0.513 bits per heavy atom. The lowest BCUT2D eigenvalue weighted by molar-refractivity contribution is 0.595. The van der Waals surface area contributed by atoms with Crippen LogP contribution in [0.2, 0.25) is 0 Å². The zero-order chi connectivity index (χ0) is 29.4. The smallest absolute Gasteiger partial charge is 0.238 e. The van der Waals surface area contributed by atoms with Crippen LogP contribution in [-0.4, -0.2) is 25.3 Å². The van der Waals surface area contributed by atoms with Crippen molar-refractivity contribution in [3.63, 3.8) is 0 Å². The van der Waals surface area contributed by atoms with Crippen LogP contribution >= 0.6 is 0 Å². The highest BCUT2D eigenvalue weighted by molar-refractivity contribution is 7.91. The van der Waals surface area contributed by atoms with Gasteiger partial charge < -0.3 is 22.9 Å². The van der Waals surface area contributed by atoms with E-state index in [0.717, 1.165) is 0 Å². The molecule has 15 heteroatoms. The van der Waals surface area contributed by atoms with Gasteiger partial charge in [0.25, 0.3) is 0 Å². The van der Waals surface area contributed by atoms with Crippen molar-refractivity contribution < 1.29 is 25.3 Å². The first kappa shape index (κ1) is 31.1. The number of nitrogen functional groups attached to an aromatic ring is 4. The van der Waals surface area contributed by atoms with Crippen molar-refractivity contribution in [2.24, 2.45) is 10.3 Å². The molecule has 0 aliphatic carbocycles. The molecule has 4 aromatic rings. The lowest BCUT2D eigenvalue weighted by Crippen LogP contribution is -2.11. The maximum absolute atomic E-state index is 12.2. The minimum Gasteiger partial charge on any atom is -0.399 e. The van der Waals surface area contributed by atoms with E-state index >= 15 is 0 Å². The second kappa shape index (κ2) is 12.6. The molecule has 0 heterocycles. The predicted octanol–water partition coefficient (Wildman–Crippen LogP) is 1.52. The van der Waals surface area contributed by atoms with Crippen LogP contribution in [0.1, 0.15) is 0 Å². The first-order valence-electron chi connectivity index (χ1n) is 10.7. The van der Waals surface area contributed by atoms with Crippen molar-refractivity contribution in [2.75, 3.05) is 22.9 Å². The summed E-state index contributed by atoms with van der Waals surface area (Å²) in [5.41, 5.74) is 23.8. The Bertz CT molecular complexity index is 1580. The molecule has 0 aliphatic heterocycles. The van der Waals surface area contributed by atoms with Crippen LogP contribution in [0.5, 0.6) is 0 Å². The first-order valence-corrected chi connectivity index (χ1v) is 15.3. The van der Waals surface area contributed by atoms with Gasteiger partial charge in [0.15, 0.2) is 0 Å². The molecule has 0 aromatic heterocycles. The van der Waals surface area contributed by atoms with E-state index < -0.39 is 29.9 Å². The Labute approximate surface area is 227 Å². The molecule has 208 valence electrons. The van der Waals surface area contributed by atoms with E-state index in [4.69, 9.17) is 33.2 Å². The first-order chi connectivity index (χ1) is 18.0. The highest BCUT2D eigenvalue weighted by Gasteiger charge is 2.16. The van der Waals surface area contributed by atoms with Crippen LogP contribution in [0.25, 0.3) is 0 Å². The van der Waals surface area contributed by atoms with Crippen LogP contribution in [0.3, 0.4) is 0 Å². The summed E-state index contributed by atoms with van der Waals surface area (Å²) in [7, 11) is -10.6. The summed E-state index contributed by atoms with van der Waals surface area (Å²) < 4.78 is 67.1. The van der Waals surface area contributed by atoms with E-state index in [9.17, 15) is 25.3 Å². The van der Waals surface area contributed by atoms with E-state index in [-0.39, 0.29) is 19.6 Å². The fourth-order valence-corrected chi connectivity index (χ4v) is 5.04. The van der Waals surface area contributed by atoms with Gasteiger partial charge in [0, 0.05) is 22.7 Å². The summed E-state index contributed by atoms with van der Waals surface area (Å²) in [6.45, 7) is 0. The van der Waals surface area contributed by atoms with Crippen molar-refractivity contribution >= 4 is 52.6 Å². The summed E-state index contributed by atoms with van der Waals surface area (Å²) >= 11 is 0. The number of primary sulfonamides is 2. The highest BCUT2D eigenvalue weighted by Crippen LogP contribution is 2.22. The minimum absolute atomic E-state index is 0.0756. The van der Waals surface area contributed by atoms with E-state index in [0.29, 0.717) is 22.7 Å². The summed E-state index contributed by atoms with van der Waals surface area (Å²) in [5, 5.41) is 9.68. The van der Waals surface area contributed by atoms with Crippen molar-refractivity contribution in [3.8, 4) is 0 Å². The second-order valence-electron chi connectivity index (χ2n) is 7.87. The Balaban J connectivity index is 0.000000214. The number of anilines is 4. The summed E-state index contributed by atoms with van der Waals surface area (Å²) in [6, 6.07) is 23.6. The van der Waals surface area contributed by atoms with Gasteiger partial charge in [0.2, 0.25) is 29.9 Å². The van der Waals surface area contributed by atoms with Crippen LogP contribution in [0.15, 0.2) is 117 Å². The summed E-state index contributed by atoms with van der Waals surface area (Å²) in [6.07, 6.45) is 0. The van der Waals surface area contributed by atoms with Gasteiger partial charge in [-0.3, -0.25) is 0 Å². The quantitative estimate of drug-likeness (QED) is 0.186. The third kappa shape index (κ3) is 9.59. The number of benzene rings is 4. The van der Waals surface area contributed by atoms with Gasteiger partial charge in [-0.15, -0.1) is 0 Å². The molecule has 0 spiro atoms. The molecule has 0 saturated heterocycles. The van der Waals surface area contributed by atoms with Gasteiger partial charge in [-0.25, -0.2) is 35.5 Å². The average Bonchev–Trinajstić information content (AvgIpc) is 2.85. The van der Waals surface area contributed by atoms with E-state index in [1.54, 1.807) is 24.3 Å². The van der Waals surface area contributed by atoms with Crippen LogP contribution in [0.4, 0.5) is 22.7 Å². The normalized spacial score (nSPS) is 11.3. The van der Waals surface area contributed by atoms with Crippen molar-refractivity contribution in [1.29, 1.82) is 0 Å². The Morgan fingerprint density at radius 1 is 0.333 bits per heavy atom. The summed E-state index contributed by atoms with van der Waals surface area (Å²) in [4.78, 5) is 0.589. The number of hydrogen-bond acceptors (Lipinski definition) is 10. The molecular weight excluding hydrogens is 565 g/mol.